The Morgan fingerprint density at radius 2 is 1.95 bits per heavy atom. The summed E-state index contributed by atoms with van der Waals surface area (Å²) in [4.78, 5) is 43.9. The van der Waals surface area contributed by atoms with E-state index in [9.17, 15) is 24.8 Å². The summed E-state index contributed by atoms with van der Waals surface area (Å²) in [6.07, 6.45) is -0.704. The normalized spacial score (nSPS) is 14.5. The average molecular weight is 519 g/mol. The molecule has 3 aromatic rings. The first-order chi connectivity index (χ1) is 17.9. The molecule has 4 rings (SSSR count). The Hall–Kier alpha value is -4.39. The molecule has 0 saturated carbocycles. The number of hydrogen-bond donors (Lipinski definition) is 1. The van der Waals surface area contributed by atoms with E-state index in [1.165, 1.54) is 25.3 Å². The lowest BCUT2D eigenvalue weighted by atomic mass is 9.75. The van der Waals surface area contributed by atoms with E-state index in [0.29, 0.717) is 46.6 Å². The van der Waals surface area contributed by atoms with Gasteiger partial charge in [-0.25, -0.2) is 19.1 Å². The number of ether oxygens (including phenoxy) is 2. The quantitative estimate of drug-likeness (QED) is 0.469. The van der Waals surface area contributed by atoms with E-state index >= 15 is 0 Å². The Kier molecular flexibility index (Phi) is 6.66. The number of amides is 1. The second kappa shape index (κ2) is 9.49. The van der Waals surface area contributed by atoms with Crippen LogP contribution in [0.2, 0.25) is 0 Å². The Bertz CT molecular complexity index is 1510. The van der Waals surface area contributed by atoms with E-state index in [1.807, 2.05) is 13.0 Å². The monoisotopic (exact) mass is 518 g/mol. The van der Waals surface area contributed by atoms with Crippen LogP contribution >= 0.6 is 0 Å². The van der Waals surface area contributed by atoms with Crippen molar-refractivity contribution in [3.63, 3.8) is 0 Å². The number of aryl methyl sites for hydroxylation is 1. The number of rotatable bonds is 5. The minimum atomic E-state index is -1.28. The predicted molar refractivity (Wildman–Crippen MR) is 140 cm³/mol. The molecule has 10 heteroatoms. The average Bonchev–Trinajstić information content (AvgIpc) is 3.45. The fourth-order valence-electron chi connectivity index (χ4n) is 5.25. The van der Waals surface area contributed by atoms with Crippen LogP contribution in [-0.2, 0) is 21.4 Å². The summed E-state index contributed by atoms with van der Waals surface area (Å²) >= 11 is 0. The first kappa shape index (κ1) is 26.7. The van der Waals surface area contributed by atoms with Crippen molar-refractivity contribution in [2.45, 2.75) is 58.5 Å². The van der Waals surface area contributed by atoms with Gasteiger partial charge >= 0.3 is 12.2 Å². The van der Waals surface area contributed by atoms with Crippen LogP contribution in [0, 0.1) is 18.3 Å². The summed E-state index contributed by atoms with van der Waals surface area (Å²) in [7, 11) is 1.51. The van der Waals surface area contributed by atoms with Crippen LogP contribution in [0.3, 0.4) is 0 Å². The maximum Gasteiger partial charge on any atom is 0.417 e. The van der Waals surface area contributed by atoms with Gasteiger partial charge in [0.2, 0.25) is 0 Å². The molecule has 1 aliphatic heterocycles. The fraction of sp³-hybridized carbons (Fsp3) is 0.393. The zero-order valence-electron chi connectivity index (χ0n) is 22.3. The minimum absolute atomic E-state index is 0.104. The lowest BCUT2D eigenvalue weighted by Gasteiger charge is -2.32. The lowest BCUT2D eigenvalue weighted by Crippen LogP contribution is -2.36. The molecule has 198 valence electrons. The molecule has 1 N–H and O–H groups in total. The number of fused-ring (bicyclic) bond motifs is 2. The van der Waals surface area contributed by atoms with Gasteiger partial charge in [0, 0.05) is 18.5 Å². The number of aldehydes is 1. The molecule has 0 fully saturated rings. The van der Waals surface area contributed by atoms with Crippen LogP contribution in [0.15, 0.2) is 24.3 Å². The summed E-state index contributed by atoms with van der Waals surface area (Å²) in [5.74, 6) is 0.570. The number of nitriles is 1. The highest BCUT2D eigenvalue weighted by Crippen LogP contribution is 2.48. The molecule has 0 spiro atoms. The van der Waals surface area contributed by atoms with Crippen molar-refractivity contribution in [1.29, 1.82) is 5.26 Å². The Morgan fingerprint density at radius 3 is 2.53 bits per heavy atom. The molecule has 0 aliphatic carbocycles. The summed E-state index contributed by atoms with van der Waals surface area (Å²) in [5.41, 5.74) is 1.77. The smallest absolute Gasteiger partial charge is 0.417 e. The highest BCUT2D eigenvalue weighted by molar-refractivity contribution is 5.93. The van der Waals surface area contributed by atoms with E-state index in [1.54, 1.807) is 38.7 Å². The van der Waals surface area contributed by atoms with Gasteiger partial charge in [0.15, 0.2) is 0 Å². The van der Waals surface area contributed by atoms with Crippen LogP contribution < -0.4 is 9.64 Å². The van der Waals surface area contributed by atoms with Crippen LogP contribution in [0.4, 0.5) is 15.3 Å². The lowest BCUT2D eigenvalue weighted by molar-refractivity contribution is -0.108. The third-order valence-electron chi connectivity index (χ3n) is 6.76. The predicted octanol–water partition coefficient (Wildman–Crippen LogP) is 4.94. The van der Waals surface area contributed by atoms with Gasteiger partial charge in [-0.05, 0) is 76.4 Å². The van der Waals surface area contributed by atoms with Crippen molar-refractivity contribution < 1.29 is 29.0 Å². The molecule has 1 unspecified atom stereocenters. The summed E-state index contributed by atoms with van der Waals surface area (Å²) < 4.78 is 12.5. The highest BCUT2D eigenvalue weighted by Gasteiger charge is 2.43. The van der Waals surface area contributed by atoms with Gasteiger partial charge in [-0.15, -0.1) is 0 Å². The third-order valence-corrected chi connectivity index (χ3v) is 6.76. The summed E-state index contributed by atoms with van der Waals surface area (Å²) in [6, 6.07) is 8.38. The third kappa shape index (κ3) is 4.34. The number of benzene rings is 2. The first-order valence-corrected chi connectivity index (χ1v) is 12.2. The van der Waals surface area contributed by atoms with Crippen LogP contribution in [0.1, 0.15) is 62.2 Å². The Labute approximate surface area is 220 Å². The molecule has 2 heterocycles. The van der Waals surface area contributed by atoms with Crippen LogP contribution in [-0.4, -0.2) is 52.4 Å². The topological polar surface area (TPSA) is 135 Å². The van der Waals surface area contributed by atoms with E-state index in [-0.39, 0.29) is 12.2 Å². The molecule has 38 heavy (non-hydrogen) atoms. The molecular formula is C28H30N4O6. The molecular weight excluding hydrogens is 488 g/mol. The highest BCUT2D eigenvalue weighted by atomic mass is 16.6. The van der Waals surface area contributed by atoms with Crippen LogP contribution in [0.25, 0.3) is 11.0 Å². The number of carbonyl (C=O) groups excluding carboxylic acids is 2. The second-order valence-corrected chi connectivity index (χ2v) is 10.6. The molecule has 0 saturated heterocycles. The first-order valence-electron chi connectivity index (χ1n) is 12.2. The maximum absolute atomic E-state index is 13.1. The van der Waals surface area contributed by atoms with Crippen molar-refractivity contribution in [3.8, 4) is 11.8 Å². The van der Waals surface area contributed by atoms with Gasteiger partial charge in [0.25, 0.3) is 0 Å². The van der Waals surface area contributed by atoms with Gasteiger partial charge in [-0.2, -0.15) is 5.26 Å². The molecule has 1 aromatic heterocycles. The second-order valence-electron chi connectivity index (χ2n) is 10.6. The van der Waals surface area contributed by atoms with Gasteiger partial charge in [0.1, 0.15) is 23.5 Å². The standard InChI is InChI=1S/C28H30N4O6/c1-16-13-21(37-6)22(18-9-11-31(23(16)18)26(36)38-27(2,3)4)28(5,10-12-33)24-30-19-14-17(15-29)7-8-20(19)32(24)25(34)35/h7-8,12-14H,9-11H2,1-6H3,(H,34,35). The number of hydrogen-bond acceptors (Lipinski definition) is 7. The Morgan fingerprint density at radius 1 is 1.24 bits per heavy atom. The largest absolute Gasteiger partial charge is 0.496 e. The maximum atomic E-state index is 13.1. The summed E-state index contributed by atoms with van der Waals surface area (Å²) in [6.45, 7) is 9.34. The van der Waals surface area contributed by atoms with Crippen molar-refractivity contribution in [3.05, 3.63) is 52.3 Å². The molecule has 0 radical (unpaired) electrons. The zero-order chi connectivity index (χ0) is 28.0. The number of imidazole rings is 1. The van der Waals surface area contributed by atoms with Crippen molar-refractivity contribution >= 4 is 35.2 Å². The van der Waals surface area contributed by atoms with E-state index in [4.69, 9.17) is 9.47 Å². The number of carboxylic acid groups (broad SMARTS) is 1. The fourth-order valence-corrected chi connectivity index (χ4v) is 5.25. The molecule has 1 atom stereocenters. The minimum Gasteiger partial charge on any atom is -0.496 e. The molecule has 1 aliphatic rings. The molecule has 2 aromatic carbocycles. The van der Waals surface area contributed by atoms with Gasteiger partial charge in [-0.1, -0.05) is 0 Å². The van der Waals surface area contributed by atoms with E-state index < -0.39 is 23.2 Å². The number of carbonyl (C=O) groups is 3. The van der Waals surface area contributed by atoms with Gasteiger partial charge in [-0.3, -0.25) is 4.90 Å². The SMILES string of the molecule is COc1cc(C)c2c(c1C(C)(CC=O)c1nc3cc(C#N)ccc3n1C(=O)O)CCN2C(=O)OC(C)(C)C. The summed E-state index contributed by atoms with van der Waals surface area (Å²) in [5, 5.41) is 19.6. The zero-order valence-corrected chi connectivity index (χ0v) is 22.3. The van der Waals surface area contributed by atoms with Crippen molar-refractivity contribution in [2.75, 3.05) is 18.6 Å². The van der Waals surface area contributed by atoms with E-state index in [2.05, 4.69) is 4.98 Å². The van der Waals surface area contributed by atoms with Crippen LogP contribution in [0.5, 0.6) is 5.75 Å². The molecule has 1 amide bonds. The van der Waals surface area contributed by atoms with Gasteiger partial charge < -0.3 is 19.4 Å². The number of nitrogens with zero attached hydrogens (tertiary/aromatic N) is 4. The molecule has 10 nitrogen and oxygen atoms in total. The van der Waals surface area contributed by atoms with E-state index in [0.717, 1.165) is 22.0 Å². The van der Waals surface area contributed by atoms with Crippen molar-refractivity contribution in [1.82, 2.24) is 9.55 Å². The van der Waals surface area contributed by atoms with Gasteiger partial charge in [0.05, 0.1) is 40.9 Å². The number of methoxy groups -OCH3 is 1. The molecule has 0 bridgehead atoms. The number of anilines is 1. The van der Waals surface area contributed by atoms with Crippen molar-refractivity contribution in [2.24, 2.45) is 0 Å². The Balaban J connectivity index is 2.03. The number of aromatic nitrogens is 2.